The van der Waals surface area contributed by atoms with E-state index in [4.69, 9.17) is 4.74 Å². The molecule has 1 aromatic rings. The molecule has 2 rings (SSSR count). The molecule has 0 aliphatic carbocycles. The Labute approximate surface area is 169 Å². The molecule has 1 aliphatic heterocycles. The number of methoxy groups -OCH3 is 1. The summed E-state index contributed by atoms with van der Waals surface area (Å²) in [7, 11) is 1.36. The monoisotopic (exact) mass is 476 g/mol. The predicted octanol–water partition coefficient (Wildman–Crippen LogP) is 3.86. The first kappa shape index (κ1) is 21.6. The minimum Gasteiger partial charge on any atom is -0.469 e. The van der Waals surface area contributed by atoms with Crippen LogP contribution < -0.4 is 0 Å². The molecule has 1 aromatic carbocycles. The molecular weight excluding hydrogens is 447 g/mol. The second-order valence-electron chi connectivity index (χ2n) is 6.79. The minimum atomic E-state index is -0.657. The van der Waals surface area contributed by atoms with Gasteiger partial charge in [-0.3, -0.25) is 4.79 Å². The van der Waals surface area contributed by atoms with Crippen molar-refractivity contribution >= 4 is 28.6 Å². The van der Waals surface area contributed by atoms with E-state index >= 15 is 0 Å². The molecule has 1 aliphatic rings. The molecule has 1 saturated heterocycles. The maximum Gasteiger partial charge on any atom is 0.305 e. The molecule has 146 valence electrons. The predicted molar refractivity (Wildman–Crippen MR) is 108 cm³/mol. The summed E-state index contributed by atoms with van der Waals surface area (Å²) in [6, 6.07) is 7.75. The summed E-state index contributed by atoms with van der Waals surface area (Å²) in [6.07, 6.45) is 2.66. The van der Waals surface area contributed by atoms with Crippen molar-refractivity contribution in [3.63, 3.8) is 0 Å². The SMILES string of the molecule is CCCCC[C@H](O)c1ccccc1[C@H]1O[C@@H](CCC(=O)OC)[C@H](O)[C@@H]1I. The van der Waals surface area contributed by atoms with E-state index in [2.05, 4.69) is 34.3 Å². The molecule has 0 spiro atoms. The third kappa shape index (κ3) is 5.41. The number of esters is 1. The van der Waals surface area contributed by atoms with Crippen molar-refractivity contribution in [3.05, 3.63) is 35.4 Å². The maximum absolute atomic E-state index is 11.4. The van der Waals surface area contributed by atoms with Crippen molar-refractivity contribution in [3.8, 4) is 0 Å². The molecule has 0 amide bonds. The quantitative estimate of drug-likeness (QED) is 0.245. The van der Waals surface area contributed by atoms with Crippen LogP contribution in [0.3, 0.4) is 0 Å². The molecule has 5 atom stereocenters. The smallest absolute Gasteiger partial charge is 0.305 e. The lowest BCUT2D eigenvalue weighted by Gasteiger charge is -2.21. The van der Waals surface area contributed by atoms with Crippen LogP contribution in [0.4, 0.5) is 0 Å². The zero-order valence-electron chi connectivity index (χ0n) is 15.4. The Morgan fingerprint density at radius 2 is 2.08 bits per heavy atom. The van der Waals surface area contributed by atoms with Gasteiger partial charge in [-0.1, -0.05) is 73.0 Å². The summed E-state index contributed by atoms with van der Waals surface area (Å²) in [5.74, 6) is -0.305. The highest BCUT2D eigenvalue weighted by Gasteiger charge is 2.43. The number of aliphatic hydroxyl groups is 2. The van der Waals surface area contributed by atoms with Gasteiger partial charge in [0.05, 0.1) is 35.5 Å². The number of ether oxygens (including phenoxy) is 2. The Balaban J connectivity index is 2.11. The van der Waals surface area contributed by atoms with Crippen LogP contribution in [0.15, 0.2) is 24.3 Å². The van der Waals surface area contributed by atoms with E-state index in [0.29, 0.717) is 6.42 Å². The molecule has 1 heterocycles. The number of carbonyl (C=O) groups excluding carboxylic acids is 1. The van der Waals surface area contributed by atoms with Gasteiger partial charge < -0.3 is 19.7 Å². The zero-order valence-corrected chi connectivity index (χ0v) is 17.6. The van der Waals surface area contributed by atoms with Gasteiger partial charge in [0.1, 0.15) is 0 Å². The number of benzene rings is 1. The average Bonchev–Trinajstić information content (AvgIpc) is 2.94. The third-order valence-corrected chi connectivity index (χ3v) is 6.31. The van der Waals surface area contributed by atoms with Crippen LogP contribution in [-0.4, -0.2) is 39.4 Å². The van der Waals surface area contributed by atoms with Crippen molar-refractivity contribution in [2.75, 3.05) is 7.11 Å². The summed E-state index contributed by atoms with van der Waals surface area (Å²) < 4.78 is 10.6. The van der Waals surface area contributed by atoms with Crippen LogP contribution in [0.25, 0.3) is 0 Å². The number of carbonyl (C=O) groups is 1. The number of rotatable bonds is 9. The van der Waals surface area contributed by atoms with Crippen LogP contribution >= 0.6 is 22.6 Å². The minimum absolute atomic E-state index is 0.140. The van der Waals surface area contributed by atoms with Crippen LogP contribution in [-0.2, 0) is 14.3 Å². The highest BCUT2D eigenvalue weighted by molar-refractivity contribution is 14.1. The molecule has 5 nitrogen and oxygen atoms in total. The molecule has 0 bridgehead atoms. The lowest BCUT2D eigenvalue weighted by atomic mass is 9.93. The first-order valence-electron chi connectivity index (χ1n) is 9.30. The topological polar surface area (TPSA) is 76.0 Å². The first-order chi connectivity index (χ1) is 12.5. The van der Waals surface area contributed by atoms with Gasteiger partial charge in [0, 0.05) is 6.42 Å². The van der Waals surface area contributed by atoms with Crippen molar-refractivity contribution in [2.45, 2.75) is 73.8 Å². The number of hydrogen-bond donors (Lipinski definition) is 2. The fraction of sp³-hybridized carbons (Fsp3) is 0.650. The Bertz CT molecular complexity index is 579. The van der Waals surface area contributed by atoms with E-state index in [1.807, 2.05) is 24.3 Å². The normalized spacial score (nSPS) is 26.7. The van der Waals surface area contributed by atoms with Gasteiger partial charge in [0.25, 0.3) is 0 Å². The molecule has 2 N–H and O–H groups in total. The Kier molecular flexibility index (Phi) is 8.79. The molecular formula is C20H29IO5. The van der Waals surface area contributed by atoms with Gasteiger partial charge >= 0.3 is 5.97 Å². The Hall–Kier alpha value is -0.700. The van der Waals surface area contributed by atoms with Crippen molar-refractivity contribution < 1.29 is 24.5 Å². The van der Waals surface area contributed by atoms with Crippen molar-refractivity contribution in [1.29, 1.82) is 0 Å². The van der Waals surface area contributed by atoms with Gasteiger partial charge in [-0.05, 0) is 24.0 Å². The van der Waals surface area contributed by atoms with Gasteiger partial charge in [-0.2, -0.15) is 0 Å². The van der Waals surface area contributed by atoms with E-state index in [0.717, 1.165) is 36.8 Å². The fourth-order valence-electron chi connectivity index (χ4n) is 3.39. The number of halogens is 1. The van der Waals surface area contributed by atoms with Crippen LogP contribution in [0.1, 0.15) is 68.8 Å². The van der Waals surface area contributed by atoms with Crippen LogP contribution in [0.5, 0.6) is 0 Å². The fourth-order valence-corrected chi connectivity index (χ4v) is 4.41. The largest absolute Gasteiger partial charge is 0.469 e. The standard InChI is InChI=1S/C20H29IO5/c1-3-4-5-10-15(22)13-8-6-7-9-14(13)20-18(21)19(24)16(26-20)11-12-17(23)25-2/h6-9,15-16,18-20,22,24H,3-5,10-12H2,1-2H3/t15-,16-,18-,19-,20+/m0/s1. The van der Waals surface area contributed by atoms with Gasteiger partial charge in [-0.25, -0.2) is 0 Å². The second kappa shape index (κ2) is 10.6. The van der Waals surface area contributed by atoms with E-state index in [1.165, 1.54) is 7.11 Å². The first-order valence-corrected chi connectivity index (χ1v) is 10.6. The van der Waals surface area contributed by atoms with Gasteiger partial charge in [0.15, 0.2) is 0 Å². The van der Waals surface area contributed by atoms with Crippen LogP contribution in [0.2, 0.25) is 0 Å². The highest BCUT2D eigenvalue weighted by Crippen LogP contribution is 2.42. The van der Waals surface area contributed by atoms with E-state index in [-0.39, 0.29) is 22.4 Å². The number of aliphatic hydroxyl groups excluding tert-OH is 2. The summed E-state index contributed by atoms with van der Waals surface area (Å²) in [5.41, 5.74) is 1.80. The molecule has 6 heteroatoms. The van der Waals surface area contributed by atoms with E-state index in [9.17, 15) is 15.0 Å². The molecule has 0 aromatic heterocycles. The van der Waals surface area contributed by atoms with Crippen LogP contribution in [0, 0.1) is 0 Å². The lowest BCUT2D eigenvalue weighted by molar-refractivity contribution is -0.141. The zero-order chi connectivity index (χ0) is 19.1. The summed E-state index contributed by atoms with van der Waals surface area (Å²) >= 11 is 2.21. The molecule has 0 unspecified atom stereocenters. The maximum atomic E-state index is 11.4. The van der Waals surface area contributed by atoms with Crippen molar-refractivity contribution in [2.24, 2.45) is 0 Å². The molecule has 0 saturated carbocycles. The molecule has 26 heavy (non-hydrogen) atoms. The van der Waals surface area contributed by atoms with Gasteiger partial charge in [-0.15, -0.1) is 0 Å². The molecule has 1 fully saturated rings. The number of alkyl halides is 1. The molecule has 0 radical (unpaired) electrons. The summed E-state index contributed by atoms with van der Waals surface area (Å²) in [5, 5.41) is 21.2. The summed E-state index contributed by atoms with van der Waals surface area (Å²) in [4.78, 5) is 11.4. The summed E-state index contributed by atoms with van der Waals surface area (Å²) in [6.45, 7) is 2.14. The third-order valence-electron chi connectivity index (χ3n) is 4.92. The average molecular weight is 476 g/mol. The van der Waals surface area contributed by atoms with E-state index < -0.39 is 18.3 Å². The Morgan fingerprint density at radius 3 is 2.77 bits per heavy atom. The highest BCUT2D eigenvalue weighted by atomic mass is 127. The Morgan fingerprint density at radius 1 is 1.35 bits per heavy atom. The van der Waals surface area contributed by atoms with Crippen molar-refractivity contribution in [1.82, 2.24) is 0 Å². The van der Waals surface area contributed by atoms with E-state index in [1.54, 1.807) is 0 Å². The number of hydrogen-bond acceptors (Lipinski definition) is 5. The lowest BCUT2D eigenvalue weighted by Crippen LogP contribution is -2.27. The van der Waals surface area contributed by atoms with Gasteiger partial charge in [0.2, 0.25) is 0 Å². The second-order valence-corrected chi connectivity index (χ2v) is 8.22. The number of unbranched alkanes of at least 4 members (excludes halogenated alkanes) is 2.